The number of ether oxygens (including phenoxy) is 4. The highest BCUT2D eigenvalue weighted by molar-refractivity contribution is 5.75. The fraction of sp³-hybridized carbons (Fsp3) is 0.938. The summed E-state index contributed by atoms with van der Waals surface area (Å²) in [5, 5.41) is 0. The molecule has 0 heterocycles. The van der Waals surface area contributed by atoms with Gasteiger partial charge in [0.15, 0.2) is 0 Å². The molecular formula is C16H32O5. The molecule has 3 unspecified atom stereocenters. The molecule has 126 valence electrons. The van der Waals surface area contributed by atoms with Gasteiger partial charge in [-0.25, -0.2) is 0 Å². The van der Waals surface area contributed by atoms with Gasteiger partial charge in [-0.15, -0.1) is 0 Å². The molecule has 5 nitrogen and oxygen atoms in total. The second kappa shape index (κ2) is 10.1. The topological polar surface area (TPSA) is 54.0 Å². The van der Waals surface area contributed by atoms with Crippen LogP contribution >= 0.6 is 0 Å². The molecule has 0 bridgehead atoms. The van der Waals surface area contributed by atoms with E-state index in [4.69, 9.17) is 18.9 Å². The minimum Gasteiger partial charge on any atom is -0.463 e. The second-order valence-corrected chi connectivity index (χ2v) is 6.17. The average Bonchev–Trinajstić information content (AvgIpc) is 2.47. The van der Waals surface area contributed by atoms with E-state index in [1.54, 1.807) is 7.11 Å². The second-order valence-electron chi connectivity index (χ2n) is 6.17. The standard InChI is InChI=1S/C16H32O5/c1-8-16(5,6)15(17)21-11-14(4)20-10-13(3)19-9-12(2)18-7/h12-14H,8-11H2,1-7H3. The van der Waals surface area contributed by atoms with Gasteiger partial charge < -0.3 is 18.9 Å². The minimum atomic E-state index is -0.438. The maximum absolute atomic E-state index is 11.8. The van der Waals surface area contributed by atoms with Crippen LogP contribution in [-0.2, 0) is 23.7 Å². The van der Waals surface area contributed by atoms with Gasteiger partial charge in [-0.1, -0.05) is 6.92 Å². The van der Waals surface area contributed by atoms with Crippen molar-refractivity contribution in [1.29, 1.82) is 0 Å². The van der Waals surface area contributed by atoms with Gasteiger partial charge in [0.1, 0.15) is 6.61 Å². The summed E-state index contributed by atoms with van der Waals surface area (Å²) in [6.45, 7) is 12.8. The van der Waals surface area contributed by atoms with Crippen LogP contribution in [0.15, 0.2) is 0 Å². The molecule has 21 heavy (non-hydrogen) atoms. The van der Waals surface area contributed by atoms with Gasteiger partial charge in [-0.2, -0.15) is 0 Å². The number of hydrogen-bond acceptors (Lipinski definition) is 5. The van der Waals surface area contributed by atoms with Gasteiger partial charge in [-0.3, -0.25) is 4.79 Å². The third-order valence-electron chi connectivity index (χ3n) is 3.52. The van der Waals surface area contributed by atoms with Crippen LogP contribution in [-0.4, -0.2) is 51.2 Å². The third-order valence-corrected chi connectivity index (χ3v) is 3.52. The Kier molecular flexibility index (Phi) is 9.83. The van der Waals surface area contributed by atoms with Gasteiger partial charge >= 0.3 is 5.97 Å². The van der Waals surface area contributed by atoms with Crippen molar-refractivity contribution in [1.82, 2.24) is 0 Å². The molecule has 5 heteroatoms. The predicted molar refractivity (Wildman–Crippen MR) is 82.3 cm³/mol. The van der Waals surface area contributed by atoms with Crippen molar-refractivity contribution in [3.8, 4) is 0 Å². The molecule has 0 aliphatic heterocycles. The molecule has 0 radical (unpaired) electrons. The normalized spacial score (nSPS) is 16.3. The number of carbonyl (C=O) groups excluding carboxylic acids is 1. The first-order valence-electron chi connectivity index (χ1n) is 7.66. The monoisotopic (exact) mass is 304 g/mol. The van der Waals surface area contributed by atoms with Crippen molar-refractivity contribution in [2.75, 3.05) is 26.9 Å². The summed E-state index contributed by atoms with van der Waals surface area (Å²) in [5.41, 5.74) is -0.438. The average molecular weight is 304 g/mol. The fourth-order valence-electron chi connectivity index (χ4n) is 1.30. The summed E-state index contributed by atoms with van der Waals surface area (Å²) in [7, 11) is 1.66. The van der Waals surface area contributed by atoms with E-state index in [0.717, 1.165) is 6.42 Å². The van der Waals surface area contributed by atoms with Crippen molar-refractivity contribution in [2.45, 2.75) is 66.3 Å². The highest BCUT2D eigenvalue weighted by atomic mass is 16.6. The highest BCUT2D eigenvalue weighted by Gasteiger charge is 2.27. The fourth-order valence-corrected chi connectivity index (χ4v) is 1.30. The maximum atomic E-state index is 11.8. The van der Waals surface area contributed by atoms with Crippen LogP contribution in [0.5, 0.6) is 0 Å². The van der Waals surface area contributed by atoms with Gasteiger partial charge in [0, 0.05) is 7.11 Å². The summed E-state index contributed by atoms with van der Waals surface area (Å²) in [6, 6.07) is 0. The molecule has 0 aromatic carbocycles. The molecule has 0 aromatic rings. The highest BCUT2D eigenvalue weighted by Crippen LogP contribution is 2.21. The van der Waals surface area contributed by atoms with E-state index in [1.165, 1.54) is 0 Å². The zero-order valence-corrected chi connectivity index (χ0v) is 14.6. The molecule has 0 rings (SSSR count). The van der Waals surface area contributed by atoms with E-state index in [1.807, 2.05) is 41.5 Å². The Balaban J connectivity index is 3.85. The van der Waals surface area contributed by atoms with Crippen molar-refractivity contribution in [3.63, 3.8) is 0 Å². The van der Waals surface area contributed by atoms with Crippen LogP contribution in [0.2, 0.25) is 0 Å². The number of esters is 1. The van der Waals surface area contributed by atoms with E-state index in [2.05, 4.69) is 0 Å². The number of carbonyl (C=O) groups is 1. The Morgan fingerprint density at radius 2 is 1.43 bits per heavy atom. The van der Waals surface area contributed by atoms with Gasteiger partial charge in [0.05, 0.1) is 36.9 Å². The Morgan fingerprint density at radius 1 is 0.952 bits per heavy atom. The molecule has 0 aromatic heterocycles. The lowest BCUT2D eigenvalue weighted by atomic mass is 9.91. The lowest BCUT2D eigenvalue weighted by Gasteiger charge is -2.23. The van der Waals surface area contributed by atoms with Crippen LogP contribution in [0, 0.1) is 5.41 Å². The molecule has 3 atom stereocenters. The van der Waals surface area contributed by atoms with Gasteiger partial charge in [0.25, 0.3) is 0 Å². The molecule has 0 saturated carbocycles. The predicted octanol–water partition coefficient (Wildman–Crippen LogP) is 2.81. The maximum Gasteiger partial charge on any atom is 0.311 e. The molecular weight excluding hydrogens is 272 g/mol. The quantitative estimate of drug-likeness (QED) is 0.549. The number of hydrogen-bond donors (Lipinski definition) is 0. The van der Waals surface area contributed by atoms with E-state index in [-0.39, 0.29) is 30.9 Å². The zero-order valence-electron chi connectivity index (χ0n) is 14.6. The third kappa shape index (κ3) is 9.06. The molecule has 0 N–H and O–H groups in total. The first kappa shape index (κ1) is 20.3. The largest absolute Gasteiger partial charge is 0.463 e. The minimum absolute atomic E-state index is 0.0205. The first-order chi connectivity index (χ1) is 9.72. The lowest BCUT2D eigenvalue weighted by molar-refractivity contribution is -0.158. The Hall–Kier alpha value is -0.650. The van der Waals surface area contributed by atoms with Crippen LogP contribution in [0.25, 0.3) is 0 Å². The SMILES string of the molecule is CCC(C)(C)C(=O)OCC(C)OCC(C)OCC(C)OC. The van der Waals surface area contributed by atoms with Gasteiger partial charge in [0.2, 0.25) is 0 Å². The lowest BCUT2D eigenvalue weighted by Crippen LogP contribution is -2.30. The van der Waals surface area contributed by atoms with E-state index in [9.17, 15) is 4.79 Å². The van der Waals surface area contributed by atoms with E-state index < -0.39 is 5.41 Å². The number of rotatable bonds is 11. The molecule has 0 spiro atoms. The van der Waals surface area contributed by atoms with Crippen molar-refractivity contribution >= 4 is 5.97 Å². The summed E-state index contributed by atoms with van der Waals surface area (Å²) in [4.78, 5) is 11.8. The first-order valence-corrected chi connectivity index (χ1v) is 7.66. The molecule has 0 aliphatic rings. The van der Waals surface area contributed by atoms with E-state index >= 15 is 0 Å². The zero-order chi connectivity index (χ0) is 16.5. The molecule has 0 fully saturated rings. The smallest absolute Gasteiger partial charge is 0.311 e. The Bertz CT molecular complexity index is 290. The molecule has 0 aliphatic carbocycles. The van der Waals surface area contributed by atoms with Crippen molar-refractivity contribution in [2.24, 2.45) is 5.41 Å². The number of methoxy groups -OCH3 is 1. The van der Waals surface area contributed by atoms with Crippen LogP contribution in [0.1, 0.15) is 48.0 Å². The summed E-state index contributed by atoms with van der Waals surface area (Å²) >= 11 is 0. The summed E-state index contributed by atoms with van der Waals surface area (Å²) in [5.74, 6) is -0.182. The Morgan fingerprint density at radius 3 is 1.90 bits per heavy atom. The molecule has 0 amide bonds. The van der Waals surface area contributed by atoms with Crippen LogP contribution < -0.4 is 0 Å². The Labute approximate surface area is 129 Å². The van der Waals surface area contributed by atoms with Crippen molar-refractivity contribution in [3.05, 3.63) is 0 Å². The van der Waals surface area contributed by atoms with Gasteiger partial charge in [-0.05, 0) is 41.0 Å². The van der Waals surface area contributed by atoms with Crippen molar-refractivity contribution < 1.29 is 23.7 Å². The summed E-state index contributed by atoms with van der Waals surface area (Å²) < 4.78 is 21.6. The van der Waals surface area contributed by atoms with Crippen LogP contribution in [0.3, 0.4) is 0 Å². The van der Waals surface area contributed by atoms with Crippen LogP contribution in [0.4, 0.5) is 0 Å². The summed E-state index contributed by atoms with van der Waals surface area (Å²) in [6.07, 6.45) is 0.659. The molecule has 0 saturated heterocycles. The van der Waals surface area contributed by atoms with E-state index in [0.29, 0.717) is 13.2 Å².